The monoisotopic (exact) mass is 313 g/mol. The van der Waals surface area contributed by atoms with Crippen molar-refractivity contribution in [2.45, 2.75) is 6.10 Å². The minimum Gasteiger partial charge on any atom is -0.449 e. The summed E-state index contributed by atoms with van der Waals surface area (Å²) in [5, 5.41) is 0. The van der Waals surface area contributed by atoms with Gasteiger partial charge in [-0.05, 0) is 28.8 Å². The molecule has 1 radical (unpaired) electrons. The van der Waals surface area contributed by atoms with Gasteiger partial charge in [-0.1, -0.05) is 84.9 Å². The van der Waals surface area contributed by atoms with Crippen LogP contribution in [0.15, 0.2) is 91.0 Å². The molecule has 3 aromatic rings. The quantitative estimate of drug-likeness (QED) is 0.498. The fraction of sp³-hybridized carbons (Fsp3) is 0.0455. The summed E-state index contributed by atoms with van der Waals surface area (Å²) >= 11 is 0. The van der Waals surface area contributed by atoms with Crippen LogP contribution in [-0.4, -0.2) is 5.97 Å². The number of ether oxygens (including phenoxy) is 1. The lowest BCUT2D eigenvalue weighted by Gasteiger charge is -2.18. The highest BCUT2D eigenvalue weighted by molar-refractivity contribution is 5.87. The molecule has 0 atom stereocenters. The van der Waals surface area contributed by atoms with Gasteiger partial charge in [0.1, 0.15) is 0 Å². The molecule has 0 heterocycles. The molecule has 0 bridgehead atoms. The Balaban J connectivity index is 1.80. The molecule has 24 heavy (non-hydrogen) atoms. The largest absolute Gasteiger partial charge is 0.449 e. The topological polar surface area (TPSA) is 26.3 Å². The molecule has 0 fully saturated rings. The van der Waals surface area contributed by atoms with Gasteiger partial charge in [0.25, 0.3) is 0 Å². The molecule has 2 nitrogen and oxygen atoms in total. The summed E-state index contributed by atoms with van der Waals surface area (Å²) in [5.74, 6) is -0.375. The number of benzene rings is 3. The van der Waals surface area contributed by atoms with Crippen LogP contribution in [0.5, 0.6) is 0 Å². The fourth-order valence-corrected chi connectivity index (χ4v) is 2.41. The van der Waals surface area contributed by atoms with E-state index in [1.165, 1.54) is 6.08 Å². The van der Waals surface area contributed by atoms with Crippen molar-refractivity contribution in [3.63, 3.8) is 0 Å². The van der Waals surface area contributed by atoms with Crippen LogP contribution in [0.4, 0.5) is 0 Å². The molecule has 0 N–H and O–H groups in total. The first-order valence-corrected chi connectivity index (χ1v) is 7.77. The average Bonchev–Trinajstić information content (AvgIpc) is 2.67. The number of carbonyl (C=O) groups excluding carboxylic acids is 1. The Bertz CT molecular complexity index is 754. The first-order valence-electron chi connectivity index (χ1n) is 7.77. The van der Waals surface area contributed by atoms with E-state index in [1.54, 1.807) is 6.08 Å². The van der Waals surface area contributed by atoms with Crippen molar-refractivity contribution in [3.05, 3.63) is 114 Å². The average molecular weight is 313 g/mol. The molecule has 0 aliphatic heterocycles. The van der Waals surface area contributed by atoms with Gasteiger partial charge in [-0.25, -0.2) is 4.79 Å². The standard InChI is InChI=1S/C22H17O2/c23-21(17-16-18-10-4-1-5-11-18)24-22(19-12-6-2-7-13-19)20-14-8-3-9-15-20/h2-17,22H. The SMILES string of the molecule is O=C(C=Cc1cc[c]cc1)OC(c1ccccc1)c1ccccc1. The molecule has 0 aromatic heterocycles. The smallest absolute Gasteiger partial charge is 0.331 e. The van der Waals surface area contributed by atoms with E-state index in [2.05, 4.69) is 6.07 Å². The van der Waals surface area contributed by atoms with E-state index in [1.807, 2.05) is 84.9 Å². The Morgan fingerprint density at radius 2 is 1.38 bits per heavy atom. The highest BCUT2D eigenvalue weighted by Gasteiger charge is 2.17. The molecule has 2 heteroatoms. The highest BCUT2D eigenvalue weighted by Crippen LogP contribution is 2.26. The van der Waals surface area contributed by atoms with Gasteiger partial charge in [0, 0.05) is 6.08 Å². The van der Waals surface area contributed by atoms with Crippen molar-refractivity contribution in [3.8, 4) is 0 Å². The Morgan fingerprint density at radius 3 is 1.92 bits per heavy atom. The lowest BCUT2D eigenvalue weighted by molar-refractivity contribution is -0.141. The van der Waals surface area contributed by atoms with E-state index in [-0.39, 0.29) is 5.97 Å². The number of hydrogen-bond donors (Lipinski definition) is 0. The summed E-state index contributed by atoms with van der Waals surface area (Å²) in [4.78, 5) is 12.3. The van der Waals surface area contributed by atoms with Crippen molar-refractivity contribution in [2.24, 2.45) is 0 Å². The van der Waals surface area contributed by atoms with Crippen molar-refractivity contribution in [1.82, 2.24) is 0 Å². The van der Waals surface area contributed by atoms with Gasteiger partial charge in [-0.15, -0.1) is 0 Å². The molecule has 3 aromatic carbocycles. The molecule has 0 saturated carbocycles. The van der Waals surface area contributed by atoms with E-state index in [0.29, 0.717) is 0 Å². The normalized spacial score (nSPS) is 10.9. The molecular weight excluding hydrogens is 296 g/mol. The third kappa shape index (κ3) is 4.20. The van der Waals surface area contributed by atoms with E-state index in [0.717, 1.165) is 16.7 Å². The van der Waals surface area contributed by atoms with E-state index in [4.69, 9.17) is 4.74 Å². The predicted octanol–water partition coefficient (Wildman–Crippen LogP) is 4.83. The van der Waals surface area contributed by atoms with Gasteiger partial charge in [0.2, 0.25) is 0 Å². The molecular formula is C22H17O2. The van der Waals surface area contributed by atoms with Crippen molar-refractivity contribution < 1.29 is 9.53 Å². The predicted molar refractivity (Wildman–Crippen MR) is 95.1 cm³/mol. The summed E-state index contributed by atoms with van der Waals surface area (Å²) < 4.78 is 5.71. The molecule has 0 aliphatic rings. The zero-order chi connectivity index (χ0) is 16.6. The van der Waals surface area contributed by atoms with Crippen LogP contribution in [-0.2, 0) is 9.53 Å². The zero-order valence-corrected chi connectivity index (χ0v) is 13.1. The maximum atomic E-state index is 12.3. The first-order chi connectivity index (χ1) is 11.8. The van der Waals surface area contributed by atoms with E-state index in [9.17, 15) is 4.79 Å². The van der Waals surface area contributed by atoms with Gasteiger partial charge in [-0.3, -0.25) is 0 Å². The summed E-state index contributed by atoms with van der Waals surface area (Å²) in [7, 11) is 0. The van der Waals surface area contributed by atoms with Crippen LogP contribution in [0.2, 0.25) is 0 Å². The summed E-state index contributed by atoms with van der Waals surface area (Å²) in [6.07, 6.45) is 2.77. The third-order valence-electron chi connectivity index (χ3n) is 3.59. The number of rotatable bonds is 5. The van der Waals surface area contributed by atoms with Gasteiger partial charge in [-0.2, -0.15) is 0 Å². The van der Waals surface area contributed by atoms with Crippen LogP contribution >= 0.6 is 0 Å². The molecule has 0 aliphatic carbocycles. The van der Waals surface area contributed by atoms with Crippen molar-refractivity contribution in [2.75, 3.05) is 0 Å². The third-order valence-corrected chi connectivity index (χ3v) is 3.59. The van der Waals surface area contributed by atoms with Crippen LogP contribution in [0.3, 0.4) is 0 Å². The zero-order valence-electron chi connectivity index (χ0n) is 13.1. The second-order valence-electron chi connectivity index (χ2n) is 5.30. The molecule has 3 rings (SSSR count). The Morgan fingerprint density at radius 1 is 0.833 bits per heavy atom. The summed E-state index contributed by atoms with van der Waals surface area (Å²) in [6, 6.07) is 29.8. The minimum absolute atomic E-state index is 0.375. The van der Waals surface area contributed by atoms with Crippen LogP contribution in [0.1, 0.15) is 22.8 Å². The Kier molecular flexibility index (Phi) is 5.21. The van der Waals surface area contributed by atoms with Crippen molar-refractivity contribution >= 4 is 12.0 Å². The van der Waals surface area contributed by atoms with Gasteiger partial charge >= 0.3 is 5.97 Å². The number of esters is 1. The van der Waals surface area contributed by atoms with Crippen LogP contribution in [0.25, 0.3) is 6.08 Å². The maximum Gasteiger partial charge on any atom is 0.331 e. The van der Waals surface area contributed by atoms with Crippen LogP contribution in [0, 0.1) is 6.07 Å². The lowest BCUT2D eigenvalue weighted by Crippen LogP contribution is -2.10. The number of hydrogen-bond acceptors (Lipinski definition) is 2. The summed E-state index contributed by atoms with van der Waals surface area (Å²) in [5.41, 5.74) is 2.82. The lowest BCUT2D eigenvalue weighted by atomic mass is 10.0. The second-order valence-corrected chi connectivity index (χ2v) is 5.30. The minimum atomic E-state index is -0.423. The van der Waals surface area contributed by atoms with E-state index >= 15 is 0 Å². The fourth-order valence-electron chi connectivity index (χ4n) is 2.41. The molecule has 0 saturated heterocycles. The van der Waals surface area contributed by atoms with Crippen LogP contribution < -0.4 is 0 Å². The highest BCUT2D eigenvalue weighted by atomic mass is 16.5. The van der Waals surface area contributed by atoms with E-state index < -0.39 is 6.10 Å². The number of carbonyl (C=O) groups is 1. The van der Waals surface area contributed by atoms with Gasteiger partial charge in [0.05, 0.1) is 0 Å². The van der Waals surface area contributed by atoms with Crippen molar-refractivity contribution in [1.29, 1.82) is 0 Å². The molecule has 0 spiro atoms. The first kappa shape index (κ1) is 15.8. The molecule has 0 amide bonds. The Labute approximate surface area is 142 Å². The Hall–Kier alpha value is -3.13. The second kappa shape index (κ2) is 7.93. The summed E-state index contributed by atoms with van der Waals surface area (Å²) in [6.45, 7) is 0. The molecule has 0 unspecified atom stereocenters. The van der Waals surface area contributed by atoms with Gasteiger partial charge < -0.3 is 4.74 Å². The van der Waals surface area contributed by atoms with Gasteiger partial charge in [0.15, 0.2) is 6.10 Å². The molecule has 117 valence electrons. The maximum absolute atomic E-state index is 12.3.